The highest BCUT2D eigenvalue weighted by molar-refractivity contribution is 5.98. The summed E-state index contributed by atoms with van der Waals surface area (Å²) in [5.74, 6) is 0.800. The van der Waals surface area contributed by atoms with E-state index in [2.05, 4.69) is 15.4 Å². The molecular weight excluding hydrogens is 266 g/mol. The van der Waals surface area contributed by atoms with Gasteiger partial charge in [-0.15, -0.1) is 0 Å². The van der Waals surface area contributed by atoms with Gasteiger partial charge >= 0.3 is 0 Å². The van der Waals surface area contributed by atoms with Crippen LogP contribution in [0.1, 0.15) is 18.5 Å². The molecule has 2 aromatic rings. The van der Waals surface area contributed by atoms with E-state index < -0.39 is 0 Å². The molecule has 1 saturated heterocycles. The molecule has 3 rings (SSSR count). The van der Waals surface area contributed by atoms with E-state index in [1.165, 1.54) is 0 Å². The van der Waals surface area contributed by atoms with Gasteiger partial charge in [-0.2, -0.15) is 5.10 Å². The minimum Gasteiger partial charge on any atom is -0.374 e. The third kappa shape index (κ3) is 2.89. The number of aryl methyl sites for hydroxylation is 2. The number of nitrogens with zero attached hydrogens (tertiary/aromatic N) is 4. The topological polar surface area (TPSA) is 63.1 Å². The number of anilines is 2. The molecule has 3 heterocycles. The molecule has 1 aliphatic heterocycles. The van der Waals surface area contributed by atoms with Crippen molar-refractivity contribution in [2.75, 3.05) is 16.8 Å². The Kier molecular flexibility index (Phi) is 3.60. The van der Waals surface area contributed by atoms with Gasteiger partial charge in [-0.3, -0.25) is 19.4 Å². The molecule has 1 atom stereocenters. The average Bonchev–Trinajstić information content (AvgIpc) is 2.88. The zero-order valence-electron chi connectivity index (χ0n) is 12.3. The molecule has 6 heteroatoms. The lowest BCUT2D eigenvalue weighted by Gasteiger charge is -2.31. The van der Waals surface area contributed by atoms with Crippen molar-refractivity contribution in [1.82, 2.24) is 14.8 Å². The van der Waals surface area contributed by atoms with E-state index in [0.717, 1.165) is 36.6 Å². The zero-order chi connectivity index (χ0) is 14.8. The maximum atomic E-state index is 12.6. The second kappa shape index (κ2) is 5.55. The summed E-state index contributed by atoms with van der Waals surface area (Å²) in [6.07, 6.45) is 5.40. The molecule has 110 valence electrons. The quantitative estimate of drug-likeness (QED) is 0.933. The Labute approximate surface area is 123 Å². The number of carbonyl (C=O) groups excluding carboxylic acids is 1. The van der Waals surface area contributed by atoms with Gasteiger partial charge in [0, 0.05) is 43.4 Å². The van der Waals surface area contributed by atoms with E-state index in [9.17, 15) is 4.79 Å². The number of amides is 1. The predicted molar refractivity (Wildman–Crippen MR) is 81.2 cm³/mol. The Morgan fingerprint density at radius 1 is 1.38 bits per heavy atom. The molecule has 0 saturated carbocycles. The van der Waals surface area contributed by atoms with Crippen LogP contribution in [0.4, 0.5) is 11.5 Å². The number of nitrogens with one attached hydrogen (secondary N) is 1. The normalized spacial score (nSPS) is 18.9. The fourth-order valence-electron chi connectivity index (χ4n) is 2.62. The Hall–Kier alpha value is -2.37. The standard InChI is InChI=1S/C15H19N5O/c1-11-10-12(5-7-16-11)17-13-4-3-8-20(15(13)21)14-6-9-19(2)18-14/h5-7,9-10,13H,3-4,8H2,1-2H3,(H,16,17). The smallest absolute Gasteiger partial charge is 0.250 e. The van der Waals surface area contributed by atoms with Gasteiger partial charge in [0.05, 0.1) is 0 Å². The van der Waals surface area contributed by atoms with Crippen molar-refractivity contribution >= 4 is 17.4 Å². The summed E-state index contributed by atoms with van der Waals surface area (Å²) in [5.41, 5.74) is 1.87. The second-order valence-corrected chi connectivity index (χ2v) is 5.36. The van der Waals surface area contributed by atoms with Crippen LogP contribution in [0.2, 0.25) is 0 Å². The summed E-state index contributed by atoms with van der Waals surface area (Å²) in [5, 5.41) is 7.64. The summed E-state index contributed by atoms with van der Waals surface area (Å²) in [6, 6.07) is 5.51. The highest BCUT2D eigenvalue weighted by atomic mass is 16.2. The number of hydrogen-bond acceptors (Lipinski definition) is 4. The molecule has 0 spiro atoms. The van der Waals surface area contributed by atoms with Crippen molar-refractivity contribution < 1.29 is 4.79 Å². The monoisotopic (exact) mass is 285 g/mol. The van der Waals surface area contributed by atoms with Crippen LogP contribution in [0.25, 0.3) is 0 Å². The van der Waals surface area contributed by atoms with Gasteiger partial charge in [-0.25, -0.2) is 0 Å². The van der Waals surface area contributed by atoms with Gasteiger partial charge < -0.3 is 5.32 Å². The summed E-state index contributed by atoms with van der Waals surface area (Å²) >= 11 is 0. The maximum absolute atomic E-state index is 12.6. The van der Waals surface area contributed by atoms with Crippen molar-refractivity contribution in [3.8, 4) is 0 Å². The minimum absolute atomic E-state index is 0.0782. The molecule has 21 heavy (non-hydrogen) atoms. The number of aromatic nitrogens is 3. The van der Waals surface area contributed by atoms with Gasteiger partial charge in [0.2, 0.25) is 0 Å². The fourth-order valence-corrected chi connectivity index (χ4v) is 2.62. The Morgan fingerprint density at radius 3 is 2.95 bits per heavy atom. The molecule has 1 aliphatic rings. The number of piperidine rings is 1. The molecule has 2 aromatic heterocycles. The van der Waals surface area contributed by atoms with E-state index in [-0.39, 0.29) is 11.9 Å². The van der Waals surface area contributed by atoms with Crippen molar-refractivity contribution in [3.05, 3.63) is 36.3 Å². The number of carbonyl (C=O) groups is 1. The molecule has 0 bridgehead atoms. The molecular formula is C15H19N5O. The first kappa shape index (κ1) is 13.6. The van der Waals surface area contributed by atoms with E-state index in [4.69, 9.17) is 0 Å². The van der Waals surface area contributed by atoms with Gasteiger partial charge in [0.15, 0.2) is 5.82 Å². The average molecular weight is 285 g/mol. The largest absolute Gasteiger partial charge is 0.374 e. The van der Waals surface area contributed by atoms with Crippen LogP contribution in [0, 0.1) is 6.92 Å². The van der Waals surface area contributed by atoms with Gasteiger partial charge in [0.1, 0.15) is 6.04 Å². The van der Waals surface area contributed by atoms with E-state index in [1.54, 1.807) is 15.8 Å². The van der Waals surface area contributed by atoms with Crippen molar-refractivity contribution in [1.29, 1.82) is 0 Å². The maximum Gasteiger partial charge on any atom is 0.250 e. The van der Waals surface area contributed by atoms with Crippen LogP contribution in [-0.4, -0.2) is 33.3 Å². The number of hydrogen-bond donors (Lipinski definition) is 1. The van der Waals surface area contributed by atoms with Gasteiger partial charge in [-0.1, -0.05) is 0 Å². The SMILES string of the molecule is Cc1cc(NC2CCCN(c3ccn(C)n3)C2=O)ccn1. The molecule has 0 aliphatic carbocycles. The lowest BCUT2D eigenvalue weighted by molar-refractivity contribution is -0.120. The number of pyridine rings is 1. The molecule has 1 unspecified atom stereocenters. The van der Waals surface area contributed by atoms with Crippen LogP contribution in [-0.2, 0) is 11.8 Å². The summed E-state index contributed by atoms with van der Waals surface area (Å²) < 4.78 is 1.71. The molecule has 1 N–H and O–H groups in total. The van der Waals surface area contributed by atoms with Crippen molar-refractivity contribution in [2.45, 2.75) is 25.8 Å². The Bertz CT molecular complexity index is 651. The minimum atomic E-state index is -0.206. The molecule has 0 radical (unpaired) electrons. The molecule has 6 nitrogen and oxygen atoms in total. The Morgan fingerprint density at radius 2 is 2.24 bits per heavy atom. The van der Waals surface area contributed by atoms with E-state index in [0.29, 0.717) is 0 Å². The lowest BCUT2D eigenvalue weighted by Crippen LogP contribution is -2.48. The van der Waals surface area contributed by atoms with Crippen LogP contribution in [0.3, 0.4) is 0 Å². The first-order valence-corrected chi connectivity index (χ1v) is 7.14. The molecule has 0 aromatic carbocycles. The first-order valence-electron chi connectivity index (χ1n) is 7.14. The van der Waals surface area contributed by atoms with Crippen LogP contribution < -0.4 is 10.2 Å². The zero-order valence-corrected chi connectivity index (χ0v) is 12.3. The predicted octanol–water partition coefficient (Wildman–Crippen LogP) is 1.73. The summed E-state index contributed by atoms with van der Waals surface area (Å²) in [4.78, 5) is 18.6. The van der Waals surface area contributed by atoms with E-state index in [1.807, 2.05) is 38.4 Å². The van der Waals surface area contributed by atoms with Crippen molar-refractivity contribution in [2.24, 2.45) is 7.05 Å². The summed E-state index contributed by atoms with van der Waals surface area (Å²) in [7, 11) is 1.85. The van der Waals surface area contributed by atoms with Crippen LogP contribution >= 0.6 is 0 Å². The third-order valence-electron chi connectivity index (χ3n) is 3.65. The molecule has 1 fully saturated rings. The highest BCUT2D eigenvalue weighted by Gasteiger charge is 2.30. The molecule has 1 amide bonds. The van der Waals surface area contributed by atoms with Gasteiger partial charge in [-0.05, 0) is 31.9 Å². The second-order valence-electron chi connectivity index (χ2n) is 5.36. The highest BCUT2D eigenvalue weighted by Crippen LogP contribution is 2.21. The van der Waals surface area contributed by atoms with Crippen LogP contribution in [0.15, 0.2) is 30.6 Å². The van der Waals surface area contributed by atoms with Crippen molar-refractivity contribution in [3.63, 3.8) is 0 Å². The fraction of sp³-hybridized carbons (Fsp3) is 0.400. The van der Waals surface area contributed by atoms with Gasteiger partial charge in [0.25, 0.3) is 5.91 Å². The Balaban J connectivity index is 1.76. The van der Waals surface area contributed by atoms with Crippen LogP contribution in [0.5, 0.6) is 0 Å². The summed E-state index contributed by atoms with van der Waals surface area (Å²) in [6.45, 7) is 2.66. The lowest BCUT2D eigenvalue weighted by atomic mass is 10.0. The third-order valence-corrected chi connectivity index (χ3v) is 3.65. The number of rotatable bonds is 3. The van der Waals surface area contributed by atoms with E-state index >= 15 is 0 Å². The first-order chi connectivity index (χ1) is 10.1.